The molecule has 22 heavy (non-hydrogen) atoms. The van der Waals surface area contributed by atoms with Gasteiger partial charge in [0.2, 0.25) is 5.60 Å². The van der Waals surface area contributed by atoms with E-state index in [1.807, 2.05) is 24.3 Å². The van der Waals surface area contributed by atoms with Crippen LogP contribution in [0, 0.1) is 0 Å². The first-order chi connectivity index (χ1) is 10.6. The van der Waals surface area contributed by atoms with Gasteiger partial charge in [-0.1, -0.05) is 30.1 Å². The van der Waals surface area contributed by atoms with Gasteiger partial charge in [0.05, 0.1) is 12.8 Å². The van der Waals surface area contributed by atoms with Gasteiger partial charge < -0.3 is 14.9 Å². The molecule has 0 radical (unpaired) electrons. The largest absolute Gasteiger partial charge is 0.496 e. The van der Waals surface area contributed by atoms with E-state index in [1.165, 1.54) is 12.8 Å². The van der Waals surface area contributed by atoms with Gasteiger partial charge in [0.15, 0.2) is 0 Å². The number of nitrogens with zero attached hydrogens (tertiary/aromatic N) is 1. The fourth-order valence-electron chi connectivity index (χ4n) is 3.10. The maximum Gasteiger partial charge on any atom is 0.267 e. The summed E-state index contributed by atoms with van der Waals surface area (Å²) in [4.78, 5) is 18.0. The van der Waals surface area contributed by atoms with E-state index in [1.54, 1.807) is 14.0 Å². The van der Waals surface area contributed by atoms with E-state index in [9.17, 15) is 4.79 Å². The number of nitrogens with one attached hydrogen (secondary N) is 1. The minimum atomic E-state index is -0.932. The van der Waals surface area contributed by atoms with Gasteiger partial charge in [-0.25, -0.2) is 0 Å². The van der Waals surface area contributed by atoms with Crippen LogP contribution in [0.2, 0.25) is 0 Å². The second kappa shape index (κ2) is 5.99. The van der Waals surface area contributed by atoms with Gasteiger partial charge in [0.25, 0.3) is 5.91 Å². The van der Waals surface area contributed by atoms with Gasteiger partial charge in [0, 0.05) is 18.0 Å². The molecule has 5 heteroatoms. The second-order valence-electron chi connectivity index (χ2n) is 6.19. The number of para-hydroxylation sites is 1. The van der Waals surface area contributed by atoms with Crippen molar-refractivity contribution in [3.63, 3.8) is 0 Å². The molecule has 0 saturated heterocycles. The van der Waals surface area contributed by atoms with Crippen molar-refractivity contribution in [2.24, 2.45) is 5.16 Å². The summed E-state index contributed by atoms with van der Waals surface area (Å²) in [6, 6.07) is 7.93. The fraction of sp³-hybridized carbons (Fsp3) is 0.529. The molecule has 1 aromatic carbocycles. The third kappa shape index (κ3) is 2.80. The normalized spacial score (nSPS) is 24.7. The Morgan fingerprint density at radius 1 is 1.36 bits per heavy atom. The molecule has 1 aliphatic carbocycles. The average Bonchev–Trinajstić information content (AvgIpc) is 3.17. The molecule has 1 amide bonds. The zero-order chi connectivity index (χ0) is 15.6. The van der Waals surface area contributed by atoms with Crippen molar-refractivity contribution in [1.82, 2.24) is 5.32 Å². The minimum absolute atomic E-state index is 0.0759. The number of rotatable bonds is 4. The Morgan fingerprint density at radius 3 is 2.82 bits per heavy atom. The molecule has 0 aromatic heterocycles. The van der Waals surface area contributed by atoms with Crippen LogP contribution in [0.1, 0.15) is 44.6 Å². The highest BCUT2D eigenvalue weighted by Crippen LogP contribution is 2.31. The molecule has 1 saturated carbocycles. The first-order valence-corrected chi connectivity index (χ1v) is 7.82. The lowest BCUT2D eigenvalue weighted by Gasteiger charge is -2.23. The highest BCUT2D eigenvalue weighted by Gasteiger charge is 2.43. The molecule has 1 heterocycles. The monoisotopic (exact) mass is 302 g/mol. The van der Waals surface area contributed by atoms with E-state index in [2.05, 4.69) is 10.5 Å². The van der Waals surface area contributed by atoms with Crippen LogP contribution in [0.4, 0.5) is 0 Å². The third-order valence-electron chi connectivity index (χ3n) is 4.45. The lowest BCUT2D eigenvalue weighted by molar-refractivity contribution is -0.142. The van der Waals surface area contributed by atoms with Crippen LogP contribution in [-0.2, 0) is 9.63 Å². The zero-order valence-corrected chi connectivity index (χ0v) is 13.1. The van der Waals surface area contributed by atoms with Crippen molar-refractivity contribution < 1.29 is 14.4 Å². The SMILES string of the molecule is COc1ccccc1C1=NOC(C)(C(=O)NC2CCCC2)C1. The molecule has 2 aliphatic rings. The molecule has 118 valence electrons. The van der Waals surface area contributed by atoms with Gasteiger partial charge in [-0.2, -0.15) is 0 Å². The molecule has 1 aliphatic heterocycles. The predicted octanol–water partition coefficient (Wildman–Crippen LogP) is 2.64. The van der Waals surface area contributed by atoms with Crippen molar-refractivity contribution in [3.05, 3.63) is 29.8 Å². The number of hydrogen-bond acceptors (Lipinski definition) is 4. The summed E-state index contributed by atoms with van der Waals surface area (Å²) < 4.78 is 5.36. The number of methoxy groups -OCH3 is 1. The van der Waals surface area contributed by atoms with Crippen molar-refractivity contribution in [3.8, 4) is 5.75 Å². The van der Waals surface area contributed by atoms with Crippen molar-refractivity contribution >= 4 is 11.6 Å². The maximum atomic E-state index is 12.5. The number of hydrogen-bond donors (Lipinski definition) is 1. The summed E-state index contributed by atoms with van der Waals surface area (Å²) in [6.45, 7) is 1.79. The molecule has 1 N–H and O–H groups in total. The minimum Gasteiger partial charge on any atom is -0.496 e. The van der Waals surface area contributed by atoms with Crippen LogP contribution in [0.5, 0.6) is 5.75 Å². The van der Waals surface area contributed by atoms with Crippen molar-refractivity contribution in [2.75, 3.05) is 7.11 Å². The van der Waals surface area contributed by atoms with E-state index >= 15 is 0 Å². The van der Waals surface area contributed by atoms with Crippen LogP contribution < -0.4 is 10.1 Å². The lowest BCUT2D eigenvalue weighted by Crippen LogP contribution is -2.48. The fourth-order valence-corrected chi connectivity index (χ4v) is 3.10. The molecule has 5 nitrogen and oxygen atoms in total. The molecule has 1 aromatic rings. The van der Waals surface area contributed by atoms with Crippen LogP contribution >= 0.6 is 0 Å². The Hall–Kier alpha value is -2.04. The Bertz CT molecular complexity index is 593. The molecular formula is C17H22N2O3. The highest BCUT2D eigenvalue weighted by atomic mass is 16.7. The summed E-state index contributed by atoms with van der Waals surface area (Å²) in [5.74, 6) is 0.665. The highest BCUT2D eigenvalue weighted by molar-refractivity contribution is 6.07. The number of ether oxygens (including phenoxy) is 1. The van der Waals surface area contributed by atoms with Crippen LogP contribution in [-0.4, -0.2) is 30.4 Å². The average molecular weight is 302 g/mol. The lowest BCUT2D eigenvalue weighted by atomic mass is 9.94. The Labute approximate surface area is 130 Å². The van der Waals surface area contributed by atoms with Gasteiger partial charge in [0.1, 0.15) is 5.75 Å². The van der Waals surface area contributed by atoms with Crippen LogP contribution in [0.3, 0.4) is 0 Å². The third-order valence-corrected chi connectivity index (χ3v) is 4.45. The number of benzene rings is 1. The molecule has 1 atom stereocenters. The van der Waals surface area contributed by atoms with Crippen LogP contribution in [0.25, 0.3) is 0 Å². The van der Waals surface area contributed by atoms with E-state index < -0.39 is 5.60 Å². The molecule has 1 fully saturated rings. The van der Waals surface area contributed by atoms with Crippen molar-refractivity contribution in [1.29, 1.82) is 0 Å². The first-order valence-electron chi connectivity index (χ1n) is 7.82. The van der Waals surface area contributed by atoms with E-state index in [0.29, 0.717) is 6.42 Å². The number of oxime groups is 1. The summed E-state index contributed by atoms with van der Waals surface area (Å²) >= 11 is 0. The van der Waals surface area contributed by atoms with E-state index in [4.69, 9.17) is 9.57 Å². The van der Waals surface area contributed by atoms with Gasteiger partial charge in [-0.15, -0.1) is 0 Å². The summed E-state index contributed by atoms with van der Waals surface area (Å²) in [5, 5.41) is 7.23. The number of amides is 1. The maximum absolute atomic E-state index is 12.5. The molecular weight excluding hydrogens is 280 g/mol. The summed E-state index contributed by atoms with van der Waals surface area (Å²) in [7, 11) is 1.63. The molecule has 1 unspecified atom stereocenters. The quantitative estimate of drug-likeness (QED) is 0.930. The molecule has 0 bridgehead atoms. The van der Waals surface area contributed by atoms with Crippen LogP contribution in [0.15, 0.2) is 29.4 Å². The number of carbonyl (C=O) groups excluding carboxylic acids is 1. The zero-order valence-electron chi connectivity index (χ0n) is 13.1. The molecule has 3 rings (SSSR count). The topological polar surface area (TPSA) is 59.9 Å². The van der Waals surface area contributed by atoms with Gasteiger partial charge in [-0.3, -0.25) is 4.79 Å². The first kappa shape index (κ1) is 14.9. The van der Waals surface area contributed by atoms with Gasteiger partial charge >= 0.3 is 0 Å². The number of carbonyl (C=O) groups is 1. The standard InChI is InChI=1S/C17H22N2O3/c1-17(16(20)18-12-7-3-4-8-12)11-14(19-22-17)13-9-5-6-10-15(13)21-2/h5-6,9-10,12H,3-4,7-8,11H2,1-2H3,(H,18,20). The van der Waals surface area contributed by atoms with E-state index in [-0.39, 0.29) is 11.9 Å². The van der Waals surface area contributed by atoms with Gasteiger partial charge in [-0.05, 0) is 31.9 Å². The molecule has 0 spiro atoms. The summed E-state index contributed by atoms with van der Waals surface area (Å²) in [6.07, 6.45) is 4.94. The Balaban J connectivity index is 1.70. The Kier molecular flexibility index (Phi) is 4.05. The second-order valence-corrected chi connectivity index (χ2v) is 6.19. The van der Waals surface area contributed by atoms with Crippen molar-refractivity contribution in [2.45, 2.75) is 50.7 Å². The smallest absolute Gasteiger partial charge is 0.267 e. The summed E-state index contributed by atoms with van der Waals surface area (Å²) in [5.41, 5.74) is 0.697. The van der Waals surface area contributed by atoms with E-state index in [0.717, 1.165) is 29.9 Å². The predicted molar refractivity (Wildman–Crippen MR) is 84.0 cm³/mol. The Morgan fingerprint density at radius 2 is 2.09 bits per heavy atom.